The van der Waals surface area contributed by atoms with Gasteiger partial charge >= 0.3 is 0 Å². The zero-order valence-corrected chi connectivity index (χ0v) is 13.7. The monoisotopic (exact) mass is 338 g/mol. The van der Waals surface area contributed by atoms with E-state index >= 15 is 0 Å². The summed E-state index contributed by atoms with van der Waals surface area (Å²) in [6.45, 7) is 0.268. The van der Waals surface area contributed by atoms with E-state index in [4.69, 9.17) is 4.74 Å². The number of ether oxygens (including phenoxy) is 1. The quantitative estimate of drug-likeness (QED) is 0.786. The number of hydrogen-bond acceptors (Lipinski definition) is 5. The number of likely N-dealkylation sites (tertiary alicyclic amines) is 1. The Morgan fingerprint density at radius 2 is 2.08 bits per heavy atom. The number of imidazole rings is 1. The van der Waals surface area contributed by atoms with Gasteiger partial charge in [-0.2, -0.15) is 0 Å². The maximum atomic E-state index is 13.1. The molecule has 2 unspecified atom stereocenters. The van der Waals surface area contributed by atoms with E-state index < -0.39 is 6.10 Å². The number of carbonyl (C=O) groups is 1. The summed E-state index contributed by atoms with van der Waals surface area (Å²) in [4.78, 5) is 23.2. The van der Waals surface area contributed by atoms with E-state index in [1.165, 1.54) is 0 Å². The van der Waals surface area contributed by atoms with Gasteiger partial charge in [0.2, 0.25) is 0 Å². The van der Waals surface area contributed by atoms with Crippen molar-refractivity contribution in [3.05, 3.63) is 60.3 Å². The maximum absolute atomic E-state index is 13.1. The Labute approximate surface area is 144 Å². The van der Waals surface area contributed by atoms with Gasteiger partial charge in [-0.15, -0.1) is 0 Å². The van der Waals surface area contributed by atoms with Crippen molar-refractivity contribution in [2.45, 2.75) is 18.6 Å². The first-order valence-corrected chi connectivity index (χ1v) is 8.08. The summed E-state index contributed by atoms with van der Waals surface area (Å²) in [5.74, 6) is 0.487. The molecule has 3 aromatic rings. The van der Waals surface area contributed by atoms with Crippen LogP contribution in [0.2, 0.25) is 0 Å². The van der Waals surface area contributed by atoms with Crippen molar-refractivity contribution in [1.29, 1.82) is 0 Å². The van der Waals surface area contributed by atoms with Gasteiger partial charge in [0, 0.05) is 31.3 Å². The van der Waals surface area contributed by atoms with Gasteiger partial charge < -0.3 is 19.1 Å². The highest BCUT2D eigenvalue weighted by atomic mass is 16.5. The number of aromatic nitrogens is 3. The normalized spacial score (nSPS) is 20.2. The second-order valence-electron chi connectivity index (χ2n) is 6.07. The molecular formula is C18H18N4O3. The molecule has 1 aliphatic rings. The average molecular weight is 338 g/mol. The minimum atomic E-state index is -0.570. The molecule has 1 aliphatic heterocycles. The summed E-state index contributed by atoms with van der Waals surface area (Å²) in [5, 5.41) is 10.2. The lowest BCUT2D eigenvalue weighted by Crippen LogP contribution is -2.32. The first-order valence-electron chi connectivity index (χ1n) is 8.08. The van der Waals surface area contributed by atoms with Crippen LogP contribution in [-0.2, 0) is 0 Å². The number of carbonyl (C=O) groups excluding carboxylic acids is 1. The molecular weight excluding hydrogens is 320 g/mol. The molecule has 128 valence electrons. The van der Waals surface area contributed by atoms with E-state index in [2.05, 4.69) is 9.97 Å². The molecule has 0 radical (unpaired) electrons. The lowest BCUT2D eigenvalue weighted by atomic mass is 10.0. The topological polar surface area (TPSA) is 80.0 Å². The Hall–Kier alpha value is -2.93. The SMILES string of the molecule is COc1cccc(C2CC(O)CN2C(=O)c2nccn3ccnc23)c1. The second-order valence-corrected chi connectivity index (χ2v) is 6.07. The maximum Gasteiger partial charge on any atom is 0.276 e. The van der Waals surface area contributed by atoms with Gasteiger partial charge in [0.15, 0.2) is 11.3 Å². The van der Waals surface area contributed by atoms with E-state index in [-0.39, 0.29) is 24.2 Å². The number of aliphatic hydroxyl groups excluding tert-OH is 1. The minimum absolute atomic E-state index is 0.227. The molecule has 1 N–H and O–H groups in total. The van der Waals surface area contributed by atoms with Crippen molar-refractivity contribution in [1.82, 2.24) is 19.3 Å². The number of hydrogen-bond donors (Lipinski definition) is 1. The van der Waals surface area contributed by atoms with Crippen LogP contribution in [0.25, 0.3) is 5.65 Å². The number of methoxy groups -OCH3 is 1. The van der Waals surface area contributed by atoms with Gasteiger partial charge in [0.25, 0.3) is 5.91 Å². The molecule has 2 aromatic heterocycles. The molecule has 0 bridgehead atoms. The number of benzene rings is 1. The lowest BCUT2D eigenvalue weighted by Gasteiger charge is -2.24. The lowest BCUT2D eigenvalue weighted by molar-refractivity contribution is 0.0711. The van der Waals surface area contributed by atoms with Crippen molar-refractivity contribution in [2.75, 3.05) is 13.7 Å². The summed E-state index contributed by atoms with van der Waals surface area (Å²) in [6.07, 6.45) is 6.64. The summed E-state index contributed by atoms with van der Waals surface area (Å²) in [6, 6.07) is 7.35. The van der Waals surface area contributed by atoms with E-state index in [9.17, 15) is 9.90 Å². The first kappa shape index (κ1) is 15.6. The second kappa shape index (κ2) is 6.18. The molecule has 1 saturated heterocycles. The van der Waals surface area contributed by atoms with Crippen molar-refractivity contribution < 1.29 is 14.6 Å². The van der Waals surface area contributed by atoms with Crippen LogP contribution < -0.4 is 4.74 Å². The van der Waals surface area contributed by atoms with E-state index in [1.807, 2.05) is 24.3 Å². The molecule has 2 atom stereocenters. The predicted molar refractivity (Wildman–Crippen MR) is 90.4 cm³/mol. The largest absolute Gasteiger partial charge is 0.497 e. The third kappa shape index (κ3) is 2.72. The Bertz CT molecular complexity index is 923. The fourth-order valence-corrected chi connectivity index (χ4v) is 3.34. The van der Waals surface area contributed by atoms with Gasteiger partial charge in [-0.1, -0.05) is 12.1 Å². The molecule has 0 saturated carbocycles. The molecule has 25 heavy (non-hydrogen) atoms. The number of amides is 1. The number of fused-ring (bicyclic) bond motifs is 1. The highest BCUT2D eigenvalue weighted by molar-refractivity contribution is 5.98. The van der Waals surface area contributed by atoms with Crippen LogP contribution in [0.5, 0.6) is 5.75 Å². The van der Waals surface area contributed by atoms with Crippen LogP contribution in [0, 0.1) is 0 Å². The van der Waals surface area contributed by atoms with Crippen molar-refractivity contribution in [3.63, 3.8) is 0 Å². The fraction of sp³-hybridized carbons (Fsp3) is 0.278. The standard InChI is InChI=1S/C18H18N4O3/c1-25-14-4-2-3-12(9-14)15-10-13(23)11-22(15)18(24)16-17-20-6-8-21(17)7-5-19-16/h2-9,13,15,23H,10-11H2,1H3. The van der Waals surface area contributed by atoms with Crippen molar-refractivity contribution in [3.8, 4) is 5.75 Å². The zero-order chi connectivity index (χ0) is 17.4. The Balaban J connectivity index is 1.72. The van der Waals surface area contributed by atoms with E-state index in [0.29, 0.717) is 12.1 Å². The van der Waals surface area contributed by atoms with E-state index in [1.54, 1.807) is 41.2 Å². The van der Waals surface area contributed by atoms with Crippen LogP contribution in [0.1, 0.15) is 28.5 Å². The molecule has 7 heteroatoms. The third-order valence-corrected chi connectivity index (χ3v) is 4.53. The minimum Gasteiger partial charge on any atom is -0.497 e. The van der Waals surface area contributed by atoms with Gasteiger partial charge in [-0.3, -0.25) is 4.79 Å². The molecule has 0 aliphatic carbocycles. The Morgan fingerprint density at radius 3 is 2.88 bits per heavy atom. The molecule has 4 rings (SSSR count). The predicted octanol–water partition coefficient (Wildman–Crippen LogP) is 1.69. The Morgan fingerprint density at radius 1 is 1.28 bits per heavy atom. The van der Waals surface area contributed by atoms with Crippen LogP contribution >= 0.6 is 0 Å². The van der Waals surface area contributed by atoms with Gasteiger partial charge in [-0.25, -0.2) is 9.97 Å². The Kier molecular flexibility index (Phi) is 3.85. The highest BCUT2D eigenvalue weighted by Gasteiger charge is 2.37. The third-order valence-electron chi connectivity index (χ3n) is 4.53. The van der Waals surface area contributed by atoms with Crippen LogP contribution in [0.4, 0.5) is 0 Å². The average Bonchev–Trinajstić information content (AvgIpc) is 3.27. The summed E-state index contributed by atoms with van der Waals surface area (Å²) < 4.78 is 7.03. The van der Waals surface area contributed by atoms with E-state index in [0.717, 1.165) is 11.3 Å². The van der Waals surface area contributed by atoms with Crippen LogP contribution in [0.3, 0.4) is 0 Å². The van der Waals surface area contributed by atoms with Crippen molar-refractivity contribution >= 4 is 11.6 Å². The number of rotatable bonds is 3. The summed E-state index contributed by atoms with van der Waals surface area (Å²) >= 11 is 0. The molecule has 1 aromatic carbocycles. The van der Waals surface area contributed by atoms with Gasteiger partial charge in [-0.05, 0) is 24.1 Å². The van der Waals surface area contributed by atoms with Gasteiger partial charge in [0.05, 0.1) is 19.3 Å². The summed E-state index contributed by atoms with van der Waals surface area (Å²) in [5.41, 5.74) is 1.73. The summed E-state index contributed by atoms with van der Waals surface area (Å²) in [7, 11) is 1.61. The first-order chi connectivity index (χ1) is 12.2. The molecule has 3 heterocycles. The molecule has 7 nitrogen and oxygen atoms in total. The zero-order valence-electron chi connectivity index (χ0n) is 13.7. The molecule has 1 amide bonds. The molecule has 1 fully saturated rings. The van der Waals surface area contributed by atoms with Crippen LogP contribution in [-0.4, -0.2) is 50.0 Å². The number of nitrogens with zero attached hydrogens (tertiary/aromatic N) is 4. The highest BCUT2D eigenvalue weighted by Crippen LogP contribution is 2.34. The fourth-order valence-electron chi connectivity index (χ4n) is 3.34. The smallest absolute Gasteiger partial charge is 0.276 e. The molecule has 0 spiro atoms. The van der Waals surface area contributed by atoms with Crippen LogP contribution in [0.15, 0.2) is 49.1 Å². The number of aliphatic hydroxyl groups is 1. The number of β-amino-alcohol motifs (C(OH)–C–C–N with tert-alkyl or cyclic N) is 1. The van der Waals surface area contributed by atoms with Gasteiger partial charge in [0.1, 0.15) is 5.75 Å². The van der Waals surface area contributed by atoms with Crippen molar-refractivity contribution in [2.24, 2.45) is 0 Å².